The molecule has 0 unspecified atom stereocenters. The van der Waals surface area contributed by atoms with Crippen LogP contribution in [0.25, 0.3) is 0 Å². The molecule has 0 heterocycles. The van der Waals surface area contributed by atoms with Gasteiger partial charge in [-0.05, 0) is 48.4 Å². The SMILES string of the molecule is N#Cc1ccc(C[C@@H](NS(=O)(=O)c2ccc(C(=O)O)cc2)C(=O)O)cc1. The molecule has 2 aromatic rings. The average Bonchev–Trinajstić information content (AvgIpc) is 2.61. The minimum absolute atomic E-state index is 0.0867. The highest BCUT2D eigenvalue weighted by molar-refractivity contribution is 7.89. The molecule has 134 valence electrons. The van der Waals surface area contributed by atoms with E-state index in [1.165, 1.54) is 12.1 Å². The molecule has 2 aromatic carbocycles. The molecule has 0 aliphatic heterocycles. The van der Waals surface area contributed by atoms with Crippen LogP contribution in [0.4, 0.5) is 0 Å². The van der Waals surface area contributed by atoms with E-state index in [1.807, 2.05) is 6.07 Å². The third-order valence-corrected chi connectivity index (χ3v) is 5.02. The zero-order chi connectivity index (χ0) is 19.3. The van der Waals surface area contributed by atoms with Gasteiger partial charge in [0, 0.05) is 0 Å². The molecule has 0 radical (unpaired) electrons. The quantitative estimate of drug-likeness (QED) is 0.661. The van der Waals surface area contributed by atoms with Gasteiger partial charge < -0.3 is 10.2 Å². The predicted octanol–water partition coefficient (Wildman–Crippen LogP) is 1.23. The molecule has 8 nitrogen and oxygen atoms in total. The summed E-state index contributed by atoms with van der Waals surface area (Å²) in [4.78, 5) is 22.0. The van der Waals surface area contributed by atoms with Crippen LogP contribution in [-0.4, -0.2) is 36.6 Å². The number of carboxylic acid groups (broad SMARTS) is 2. The molecule has 0 amide bonds. The molecular formula is C17H14N2O6S. The largest absolute Gasteiger partial charge is 0.480 e. The Hall–Kier alpha value is -3.22. The summed E-state index contributed by atoms with van der Waals surface area (Å²) >= 11 is 0. The van der Waals surface area contributed by atoms with Crippen LogP contribution in [0, 0.1) is 11.3 Å². The molecule has 0 aromatic heterocycles. The van der Waals surface area contributed by atoms with Crippen molar-refractivity contribution in [1.82, 2.24) is 4.72 Å². The van der Waals surface area contributed by atoms with E-state index in [2.05, 4.69) is 4.72 Å². The third kappa shape index (κ3) is 4.66. The lowest BCUT2D eigenvalue weighted by Gasteiger charge is -2.15. The number of benzene rings is 2. The third-order valence-electron chi connectivity index (χ3n) is 3.53. The van der Waals surface area contributed by atoms with E-state index in [9.17, 15) is 23.1 Å². The van der Waals surface area contributed by atoms with Gasteiger partial charge in [0.05, 0.1) is 22.1 Å². The molecule has 0 fully saturated rings. The maximum Gasteiger partial charge on any atom is 0.335 e. The van der Waals surface area contributed by atoms with Crippen molar-refractivity contribution < 1.29 is 28.2 Å². The van der Waals surface area contributed by atoms with Crippen molar-refractivity contribution in [2.24, 2.45) is 0 Å². The van der Waals surface area contributed by atoms with Crippen molar-refractivity contribution in [2.45, 2.75) is 17.4 Å². The first-order chi connectivity index (χ1) is 12.2. The number of hydrogen-bond donors (Lipinski definition) is 3. The summed E-state index contributed by atoms with van der Waals surface area (Å²) < 4.78 is 26.8. The number of carboxylic acids is 2. The molecule has 0 spiro atoms. The summed E-state index contributed by atoms with van der Waals surface area (Å²) in [7, 11) is -4.16. The van der Waals surface area contributed by atoms with E-state index in [-0.39, 0.29) is 16.9 Å². The van der Waals surface area contributed by atoms with Crippen LogP contribution in [0.2, 0.25) is 0 Å². The molecule has 1 atom stereocenters. The van der Waals surface area contributed by atoms with Gasteiger partial charge in [0.15, 0.2) is 0 Å². The van der Waals surface area contributed by atoms with E-state index < -0.39 is 28.0 Å². The van der Waals surface area contributed by atoms with Crippen LogP contribution < -0.4 is 4.72 Å². The molecule has 3 N–H and O–H groups in total. The number of hydrogen-bond acceptors (Lipinski definition) is 5. The van der Waals surface area contributed by atoms with Crippen molar-refractivity contribution in [2.75, 3.05) is 0 Å². The monoisotopic (exact) mass is 374 g/mol. The maximum absolute atomic E-state index is 12.4. The Morgan fingerprint density at radius 2 is 1.62 bits per heavy atom. The molecule has 26 heavy (non-hydrogen) atoms. The average molecular weight is 374 g/mol. The van der Waals surface area contributed by atoms with E-state index in [0.29, 0.717) is 11.1 Å². The fraction of sp³-hybridized carbons (Fsp3) is 0.118. The van der Waals surface area contributed by atoms with Crippen LogP contribution in [0.15, 0.2) is 53.4 Å². The first-order valence-electron chi connectivity index (χ1n) is 7.30. The van der Waals surface area contributed by atoms with Gasteiger partial charge in [0.1, 0.15) is 6.04 Å². The minimum Gasteiger partial charge on any atom is -0.480 e. The van der Waals surface area contributed by atoms with Gasteiger partial charge >= 0.3 is 11.9 Å². The summed E-state index contributed by atoms with van der Waals surface area (Å²) in [6, 6.07) is 11.0. The van der Waals surface area contributed by atoms with Crippen molar-refractivity contribution >= 4 is 22.0 Å². The second kappa shape index (κ2) is 7.77. The van der Waals surface area contributed by atoms with Crippen molar-refractivity contribution in [3.8, 4) is 6.07 Å². The number of carbonyl (C=O) groups is 2. The van der Waals surface area contributed by atoms with E-state index in [1.54, 1.807) is 12.1 Å². The van der Waals surface area contributed by atoms with Crippen LogP contribution in [-0.2, 0) is 21.2 Å². The lowest BCUT2D eigenvalue weighted by Crippen LogP contribution is -2.42. The van der Waals surface area contributed by atoms with Crippen LogP contribution in [0.1, 0.15) is 21.5 Å². The second-order valence-corrected chi connectivity index (χ2v) is 7.07. The number of nitrogens with zero attached hydrogens (tertiary/aromatic N) is 1. The second-order valence-electron chi connectivity index (χ2n) is 5.35. The van der Waals surface area contributed by atoms with Gasteiger partial charge in [0.2, 0.25) is 10.0 Å². The molecule has 2 rings (SSSR count). The Labute approximate surface area is 149 Å². The molecule has 0 saturated heterocycles. The normalized spacial score (nSPS) is 12.1. The Balaban J connectivity index is 2.20. The Bertz CT molecular complexity index is 960. The van der Waals surface area contributed by atoms with E-state index in [0.717, 1.165) is 24.3 Å². The van der Waals surface area contributed by atoms with Crippen molar-refractivity contribution in [1.29, 1.82) is 5.26 Å². The fourth-order valence-corrected chi connectivity index (χ4v) is 3.35. The van der Waals surface area contributed by atoms with Crippen LogP contribution in [0.3, 0.4) is 0 Å². The molecule has 0 aliphatic rings. The number of aliphatic carboxylic acids is 1. The first kappa shape index (κ1) is 19.1. The number of aromatic carboxylic acids is 1. The van der Waals surface area contributed by atoms with Gasteiger partial charge in [-0.1, -0.05) is 12.1 Å². The topological polar surface area (TPSA) is 145 Å². The summed E-state index contributed by atoms with van der Waals surface area (Å²) in [5.41, 5.74) is 0.858. The molecule has 0 aliphatic carbocycles. The zero-order valence-corrected chi connectivity index (χ0v) is 14.1. The Morgan fingerprint density at radius 1 is 1.04 bits per heavy atom. The van der Waals surface area contributed by atoms with Crippen molar-refractivity contribution in [3.05, 3.63) is 65.2 Å². The number of rotatable bonds is 7. The van der Waals surface area contributed by atoms with Crippen LogP contribution >= 0.6 is 0 Å². The molecule has 0 bridgehead atoms. The molecular weight excluding hydrogens is 360 g/mol. The van der Waals surface area contributed by atoms with Crippen molar-refractivity contribution in [3.63, 3.8) is 0 Å². The summed E-state index contributed by atoms with van der Waals surface area (Å²) in [5.74, 6) is -2.56. The fourth-order valence-electron chi connectivity index (χ4n) is 2.16. The minimum atomic E-state index is -4.16. The number of nitriles is 1. The summed E-state index contributed by atoms with van der Waals surface area (Å²) in [6.07, 6.45) is -0.118. The smallest absolute Gasteiger partial charge is 0.335 e. The molecule has 9 heteroatoms. The van der Waals surface area contributed by atoms with E-state index >= 15 is 0 Å². The summed E-state index contributed by atoms with van der Waals surface area (Å²) in [5, 5.41) is 26.9. The lowest BCUT2D eigenvalue weighted by atomic mass is 10.1. The lowest BCUT2D eigenvalue weighted by molar-refractivity contribution is -0.138. The number of nitrogens with one attached hydrogen (secondary N) is 1. The highest BCUT2D eigenvalue weighted by Crippen LogP contribution is 2.13. The van der Waals surface area contributed by atoms with E-state index in [4.69, 9.17) is 10.4 Å². The molecule has 0 saturated carbocycles. The zero-order valence-electron chi connectivity index (χ0n) is 13.3. The predicted molar refractivity (Wildman–Crippen MR) is 90.0 cm³/mol. The van der Waals surface area contributed by atoms with Crippen LogP contribution in [0.5, 0.6) is 0 Å². The Morgan fingerprint density at radius 3 is 2.08 bits per heavy atom. The van der Waals surface area contributed by atoms with Gasteiger partial charge in [0.25, 0.3) is 0 Å². The highest BCUT2D eigenvalue weighted by Gasteiger charge is 2.25. The van der Waals surface area contributed by atoms with Gasteiger partial charge in [-0.25, -0.2) is 13.2 Å². The first-order valence-corrected chi connectivity index (χ1v) is 8.79. The number of sulfonamides is 1. The van der Waals surface area contributed by atoms with Gasteiger partial charge in [-0.2, -0.15) is 9.98 Å². The Kier molecular flexibility index (Phi) is 5.71. The van der Waals surface area contributed by atoms with Gasteiger partial charge in [-0.3, -0.25) is 4.79 Å². The standard InChI is InChI=1S/C17H14N2O6S/c18-10-12-3-1-11(2-4-12)9-15(17(22)23)19-26(24,25)14-7-5-13(6-8-14)16(20)21/h1-8,15,19H,9H2,(H,20,21)(H,22,23)/t15-/m1/s1. The van der Waals surface area contributed by atoms with Gasteiger partial charge in [-0.15, -0.1) is 0 Å². The summed E-state index contributed by atoms with van der Waals surface area (Å²) in [6.45, 7) is 0. The highest BCUT2D eigenvalue weighted by atomic mass is 32.2. The maximum atomic E-state index is 12.4.